The summed E-state index contributed by atoms with van der Waals surface area (Å²) in [6, 6.07) is 8.34. The molecule has 0 spiro atoms. The van der Waals surface area contributed by atoms with Gasteiger partial charge in [0, 0.05) is 5.02 Å². The molecule has 2 heteroatoms. The summed E-state index contributed by atoms with van der Waals surface area (Å²) >= 11 is 5.96. The summed E-state index contributed by atoms with van der Waals surface area (Å²) < 4.78 is 0. The normalized spacial score (nSPS) is 14.2. The predicted octanol–water partition coefficient (Wildman–Crippen LogP) is 5.32. The molecule has 114 valence electrons. The first-order valence-electron chi connectivity index (χ1n) is 8.10. The number of rotatable bonds is 10. The molecule has 0 radical (unpaired) electrons. The van der Waals surface area contributed by atoms with Gasteiger partial charge in [0.15, 0.2) is 0 Å². The molecule has 0 fully saturated rings. The van der Waals surface area contributed by atoms with Crippen LogP contribution in [0.1, 0.15) is 52.0 Å². The Balaban J connectivity index is 2.53. The van der Waals surface area contributed by atoms with E-state index in [0.29, 0.717) is 0 Å². The largest absolute Gasteiger partial charge is 0.316 e. The third kappa shape index (κ3) is 7.31. The lowest BCUT2D eigenvalue weighted by Gasteiger charge is -2.21. The van der Waals surface area contributed by atoms with E-state index in [-0.39, 0.29) is 0 Å². The number of benzene rings is 1. The van der Waals surface area contributed by atoms with Crippen LogP contribution in [0.4, 0.5) is 0 Å². The second-order valence-corrected chi connectivity index (χ2v) is 6.47. The van der Waals surface area contributed by atoms with Gasteiger partial charge in [0.05, 0.1) is 0 Å². The molecule has 0 aromatic heterocycles. The first kappa shape index (κ1) is 17.5. The molecule has 0 amide bonds. The smallest absolute Gasteiger partial charge is 0.0406 e. The first-order valence-corrected chi connectivity index (χ1v) is 8.48. The van der Waals surface area contributed by atoms with Crippen LogP contribution in [0.25, 0.3) is 0 Å². The van der Waals surface area contributed by atoms with Gasteiger partial charge in [-0.15, -0.1) is 0 Å². The highest BCUT2D eigenvalue weighted by atomic mass is 35.5. The second-order valence-electron chi connectivity index (χ2n) is 6.03. The molecule has 0 saturated carbocycles. The molecule has 1 aromatic rings. The van der Waals surface area contributed by atoms with Crippen LogP contribution in [-0.2, 0) is 6.42 Å². The molecular formula is C18H30ClN. The summed E-state index contributed by atoms with van der Waals surface area (Å²) in [7, 11) is 0. The molecule has 0 aliphatic heterocycles. The van der Waals surface area contributed by atoms with Crippen LogP contribution in [0.2, 0.25) is 5.02 Å². The summed E-state index contributed by atoms with van der Waals surface area (Å²) in [5.41, 5.74) is 1.40. The summed E-state index contributed by atoms with van der Waals surface area (Å²) in [4.78, 5) is 0. The van der Waals surface area contributed by atoms with E-state index in [0.717, 1.165) is 36.4 Å². The zero-order chi connectivity index (χ0) is 14.8. The maximum atomic E-state index is 5.96. The van der Waals surface area contributed by atoms with Crippen molar-refractivity contribution in [2.45, 2.75) is 52.9 Å². The van der Waals surface area contributed by atoms with Crippen LogP contribution >= 0.6 is 11.6 Å². The van der Waals surface area contributed by atoms with Crippen LogP contribution in [0.15, 0.2) is 24.3 Å². The molecule has 1 rings (SSSR count). The zero-order valence-corrected chi connectivity index (χ0v) is 14.0. The molecule has 0 aliphatic carbocycles. The molecular weight excluding hydrogens is 266 g/mol. The van der Waals surface area contributed by atoms with Crippen molar-refractivity contribution in [3.8, 4) is 0 Å². The summed E-state index contributed by atoms with van der Waals surface area (Å²) in [6.45, 7) is 9.14. The van der Waals surface area contributed by atoms with Gasteiger partial charge in [-0.2, -0.15) is 0 Å². The maximum absolute atomic E-state index is 5.96. The van der Waals surface area contributed by atoms with E-state index >= 15 is 0 Å². The Morgan fingerprint density at radius 3 is 2.40 bits per heavy atom. The number of nitrogens with one attached hydrogen (secondary N) is 1. The van der Waals surface area contributed by atoms with Crippen molar-refractivity contribution in [2.24, 2.45) is 11.8 Å². The highest BCUT2D eigenvalue weighted by molar-refractivity contribution is 6.30. The highest BCUT2D eigenvalue weighted by Crippen LogP contribution is 2.21. The number of hydrogen-bond acceptors (Lipinski definition) is 1. The Labute approximate surface area is 130 Å². The molecule has 0 heterocycles. The summed E-state index contributed by atoms with van der Waals surface area (Å²) in [6.07, 6.45) is 6.30. The van der Waals surface area contributed by atoms with Crippen molar-refractivity contribution < 1.29 is 0 Å². The minimum atomic E-state index is 0.726. The minimum Gasteiger partial charge on any atom is -0.316 e. The third-order valence-corrected chi connectivity index (χ3v) is 4.07. The quantitative estimate of drug-likeness (QED) is 0.576. The van der Waals surface area contributed by atoms with Crippen molar-refractivity contribution >= 4 is 11.6 Å². The molecule has 20 heavy (non-hydrogen) atoms. The Hall–Kier alpha value is -0.530. The van der Waals surface area contributed by atoms with Crippen LogP contribution in [0, 0.1) is 11.8 Å². The first-order chi connectivity index (χ1) is 9.65. The van der Waals surface area contributed by atoms with E-state index in [2.05, 4.69) is 38.2 Å². The van der Waals surface area contributed by atoms with Crippen LogP contribution in [0.3, 0.4) is 0 Å². The molecule has 2 atom stereocenters. The van der Waals surface area contributed by atoms with Crippen LogP contribution in [-0.4, -0.2) is 13.1 Å². The van der Waals surface area contributed by atoms with Gasteiger partial charge >= 0.3 is 0 Å². The molecule has 0 bridgehead atoms. The van der Waals surface area contributed by atoms with E-state index in [1.54, 1.807) is 0 Å². The SMILES string of the molecule is CCCNCC(Cc1ccc(Cl)cc1)CC(C)CCC. The van der Waals surface area contributed by atoms with Gasteiger partial charge in [-0.1, -0.05) is 57.3 Å². The predicted molar refractivity (Wildman–Crippen MR) is 90.5 cm³/mol. The van der Waals surface area contributed by atoms with Gasteiger partial charge in [-0.05, 0) is 61.9 Å². The van der Waals surface area contributed by atoms with Gasteiger partial charge < -0.3 is 5.32 Å². The van der Waals surface area contributed by atoms with Gasteiger partial charge in [-0.25, -0.2) is 0 Å². The lowest BCUT2D eigenvalue weighted by atomic mass is 9.88. The molecule has 2 unspecified atom stereocenters. The van der Waals surface area contributed by atoms with E-state index in [1.165, 1.54) is 31.2 Å². The Morgan fingerprint density at radius 2 is 1.80 bits per heavy atom. The van der Waals surface area contributed by atoms with E-state index < -0.39 is 0 Å². The van der Waals surface area contributed by atoms with Crippen LogP contribution in [0.5, 0.6) is 0 Å². The third-order valence-electron chi connectivity index (χ3n) is 3.81. The van der Waals surface area contributed by atoms with Crippen molar-refractivity contribution in [1.29, 1.82) is 0 Å². The summed E-state index contributed by atoms with van der Waals surface area (Å²) in [5.74, 6) is 1.55. The summed E-state index contributed by atoms with van der Waals surface area (Å²) in [5, 5.41) is 4.42. The Morgan fingerprint density at radius 1 is 1.10 bits per heavy atom. The monoisotopic (exact) mass is 295 g/mol. The lowest BCUT2D eigenvalue weighted by molar-refractivity contribution is 0.354. The maximum Gasteiger partial charge on any atom is 0.0406 e. The Bertz CT molecular complexity index is 347. The molecule has 0 aliphatic rings. The molecule has 1 aromatic carbocycles. The van der Waals surface area contributed by atoms with E-state index in [9.17, 15) is 0 Å². The lowest BCUT2D eigenvalue weighted by Crippen LogP contribution is -2.26. The minimum absolute atomic E-state index is 0.726. The Kier molecular flexibility index (Phi) is 8.97. The van der Waals surface area contributed by atoms with Crippen molar-refractivity contribution in [3.63, 3.8) is 0 Å². The fourth-order valence-electron chi connectivity index (χ4n) is 2.86. The van der Waals surface area contributed by atoms with Gasteiger partial charge in [0.2, 0.25) is 0 Å². The van der Waals surface area contributed by atoms with Crippen molar-refractivity contribution in [1.82, 2.24) is 5.32 Å². The molecule has 1 nitrogen and oxygen atoms in total. The van der Waals surface area contributed by atoms with Crippen molar-refractivity contribution in [3.05, 3.63) is 34.9 Å². The van der Waals surface area contributed by atoms with Crippen LogP contribution < -0.4 is 5.32 Å². The number of halogens is 1. The fraction of sp³-hybridized carbons (Fsp3) is 0.667. The fourth-order valence-corrected chi connectivity index (χ4v) is 2.98. The van der Waals surface area contributed by atoms with Gasteiger partial charge in [0.25, 0.3) is 0 Å². The zero-order valence-electron chi connectivity index (χ0n) is 13.3. The standard InChI is InChI=1S/C18H30ClN/c1-4-6-15(3)12-17(14-20-11-5-2)13-16-7-9-18(19)10-8-16/h7-10,15,17,20H,4-6,11-14H2,1-3H3. The highest BCUT2D eigenvalue weighted by Gasteiger charge is 2.13. The average molecular weight is 296 g/mol. The van der Waals surface area contributed by atoms with E-state index in [4.69, 9.17) is 11.6 Å². The van der Waals surface area contributed by atoms with Gasteiger partial charge in [-0.3, -0.25) is 0 Å². The molecule has 1 N–H and O–H groups in total. The topological polar surface area (TPSA) is 12.0 Å². The number of hydrogen-bond donors (Lipinski definition) is 1. The van der Waals surface area contributed by atoms with Crippen molar-refractivity contribution in [2.75, 3.05) is 13.1 Å². The average Bonchev–Trinajstić information content (AvgIpc) is 2.42. The second kappa shape index (κ2) is 10.2. The molecule has 0 saturated heterocycles. The van der Waals surface area contributed by atoms with Gasteiger partial charge in [0.1, 0.15) is 0 Å². The van der Waals surface area contributed by atoms with E-state index in [1.807, 2.05) is 12.1 Å².